The number of methoxy groups -OCH3 is 1. The lowest BCUT2D eigenvalue weighted by atomic mass is 10.1. The largest absolute Gasteiger partial charge is 0.497 e. The maximum atomic E-state index is 9.33. The minimum absolute atomic E-state index is 0.285. The highest BCUT2D eigenvalue weighted by molar-refractivity contribution is 6.29. The van der Waals surface area contributed by atoms with Gasteiger partial charge >= 0.3 is 0 Å². The van der Waals surface area contributed by atoms with Crippen molar-refractivity contribution in [2.45, 2.75) is 6.54 Å². The third-order valence-corrected chi connectivity index (χ3v) is 4.58. The second-order valence-corrected chi connectivity index (χ2v) is 6.50. The van der Waals surface area contributed by atoms with Gasteiger partial charge in [-0.15, -0.1) is 0 Å². The summed E-state index contributed by atoms with van der Waals surface area (Å²) in [7, 11) is 1.64. The quantitative estimate of drug-likeness (QED) is 0.499. The second kappa shape index (κ2) is 7.59. The van der Waals surface area contributed by atoms with Crippen LogP contribution in [0.2, 0.25) is 5.15 Å². The first kappa shape index (κ1) is 17.8. The van der Waals surface area contributed by atoms with Crippen molar-refractivity contribution in [3.05, 3.63) is 83.3 Å². The number of ether oxygens (including phenoxy) is 1. The van der Waals surface area contributed by atoms with Gasteiger partial charge in [0.2, 0.25) is 0 Å². The summed E-state index contributed by atoms with van der Waals surface area (Å²) >= 11 is 6.27. The van der Waals surface area contributed by atoms with E-state index < -0.39 is 0 Å². The lowest BCUT2D eigenvalue weighted by Gasteiger charge is -2.25. The number of nitriles is 1. The van der Waals surface area contributed by atoms with E-state index in [1.54, 1.807) is 13.2 Å². The van der Waals surface area contributed by atoms with Crippen LogP contribution in [0.3, 0.4) is 0 Å². The Morgan fingerprint density at radius 3 is 2.57 bits per heavy atom. The van der Waals surface area contributed by atoms with E-state index in [2.05, 4.69) is 21.1 Å². The van der Waals surface area contributed by atoms with Crippen LogP contribution in [0.25, 0.3) is 5.65 Å². The van der Waals surface area contributed by atoms with E-state index in [4.69, 9.17) is 16.3 Å². The zero-order valence-electron chi connectivity index (χ0n) is 15.1. The van der Waals surface area contributed by atoms with Crippen LogP contribution in [0.4, 0.5) is 11.4 Å². The predicted octanol–water partition coefficient (Wildman–Crippen LogP) is 4.60. The summed E-state index contributed by atoms with van der Waals surface area (Å²) in [4.78, 5) is 6.50. The molecule has 2 aromatic heterocycles. The molecule has 0 aliphatic carbocycles. The van der Waals surface area contributed by atoms with Crippen LogP contribution >= 0.6 is 11.6 Å². The summed E-state index contributed by atoms with van der Waals surface area (Å²) in [5.41, 5.74) is 3.73. The van der Waals surface area contributed by atoms with Crippen molar-refractivity contribution < 1.29 is 4.74 Å². The van der Waals surface area contributed by atoms with Gasteiger partial charge in [0.1, 0.15) is 11.8 Å². The standard InChI is InChI=1S/C21H16ClN5O/c1-28-18-9-7-15(8-10-18)14-26(16-5-3-2-4-6-16)19-11-20(22)25-27-17(12-23)13-24-21(19)27/h2-11,13H,14H2,1H3. The molecule has 28 heavy (non-hydrogen) atoms. The smallest absolute Gasteiger partial charge is 0.179 e. The summed E-state index contributed by atoms with van der Waals surface area (Å²) in [6, 6.07) is 21.7. The molecule has 0 aliphatic rings. The summed E-state index contributed by atoms with van der Waals surface area (Å²) in [6.45, 7) is 0.582. The van der Waals surface area contributed by atoms with Gasteiger partial charge < -0.3 is 9.64 Å². The minimum Gasteiger partial charge on any atom is -0.497 e. The van der Waals surface area contributed by atoms with Gasteiger partial charge in [0, 0.05) is 18.3 Å². The lowest BCUT2D eigenvalue weighted by Crippen LogP contribution is -2.18. The third-order valence-electron chi connectivity index (χ3n) is 4.39. The first-order valence-corrected chi connectivity index (χ1v) is 8.97. The topological polar surface area (TPSA) is 66.5 Å². The number of hydrogen-bond donors (Lipinski definition) is 0. The van der Waals surface area contributed by atoms with E-state index in [-0.39, 0.29) is 5.15 Å². The Morgan fingerprint density at radius 2 is 1.89 bits per heavy atom. The zero-order valence-corrected chi connectivity index (χ0v) is 15.8. The van der Waals surface area contributed by atoms with Crippen molar-refractivity contribution >= 4 is 28.6 Å². The molecule has 0 unspecified atom stereocenters. The number of aromatic nitrogens is 3. The molecule has 6 nitrogen and oxygen atoms in total. The van der Waals surface area contributed by atoms with Crippen LogP contribution < -0.4 is 9.64 Å². The number of fused-ring (bicyclic) bond motifs is 1. The lowest BCUT2D eigenvalue weighted by molar-refractivity contribution is 0.414. The molecule has 0 saturated carbocycles. The summed E-state index contributed by atoms with van der Waals surface area (Å²) in [5.74, 6) is 0.802. The van der Waals surface area contributed by atoms with Gasteiger partial charge in [-0.2, -0.15) is 14.9 Å². The average Bonchev–Trinajstić information content (AvgIpc) is 3.15. The highest BCUT2D eigenvalue weighted by atomic mass is 35.5. The number of hydrogen-bond acceptors (Lipinski definition) is 5. The molecule has 2 heterocycles. The highest BCUT2D eigenvalue weighted by Crippen LogP contribution is 2.32. The van der Waals surface area contributed by atoms with Gasteiger partial charge in [-0.3, -0.25) is 0 Å². The number of benzene rings is 2. The second-order valence-electron chi connectivity index (χ2n) is 6.11. The van der Waals surface area contributed by atoms with Crippen molar-refractivity contribution in [1.82, 2.24) is 14.6 Å². The number of imidazole rings is 1. The van der Waals surface area contributed by atoms with Gasteiger partial charge in [-0.05, 0) is 29.8 Å². The van der Waals surface area contributed by atoms with Crippen LogP contribution in [0.1, 0.15) is 11.3 Å². The molecule has 0 radical (unpaired) electrons. The molecule has 0 aliphatic heterocycles. The molecular formula is C21H16ClN5O. The maximum Gasteiger partial charge on any atom is 0.179 e. The molecule has 0 atom stereocenters. The zero-order chi connectivity index (χ0) is 19.5. The van der Waals surface area contributed by atoms with E-state index in [0.29, 0.717) is 17.9 Å². The monoisotopic (exact) mass is 389 g/mol. The van der Waals surface area contributed by atoms with Crippen molar-refractivity contribution in [2.75, 3.05) is 12.0 Å². The fourth-order valence-corrected chi connectivity index (χ4v) is 3.21. The van der Waals surface area contributed by atoms with Gasteiger partial charge in [-0.1, -0.05) is 41.9 Å². The number of halogens is 1. The fourth-order valence-electron chi connectivity index (χ4n) is 3.04. The first-order chi connectivity index (χ1) is 13.7. The molecule has 4 aromatic rings. The Balaban J connectivity index is 1.85. The van der Waals surface area contributed by atoms with Gasteiger partial charge in [0.25, 0.3) is 0 Å². The fraction of sp³-hybridized carbons (Fsp3) is 0.0952. The van der Waals surface area contributed by atoms with E-state index in [1.807, 2.05) is 54.6 Å². The molecular weight excluding hydrogens is 374 g/mol. The maximum absolute atomic E-state index is 9.33. The van der Waals surface area contributed by atoms with Crippen LogP contribution in [0.5, 0.6) is 5.75 Å². The van der Waals surface area contributed by atoms with Crippen molar-refractivity contribution in [3.63, 3.8) is 0 Å². The SMILES string of the molecule is COc1ccc(CN(c2ccccc2)c2cc(Cl)nn3c(C#N)cnc23)cc1. The van der Waals surface area contributed by atoms with Gasteiger partial charge in [0.05, 0.1) is 19.0 Å². The molecule has 0 fully saturated rings. The number of para-hydroxylation sites is 1. The van der Waals surface area contributed by atoms with Gasteiger partial charge in [-0.25, -0.2) is 4.98 Å². The summed E-state index contributed by atoms with van der Waals surface area (Å²) in [6.07, 6.45) is 1.50. The Hall–Kier alpha value is -3.56. The Labute approximate surface area is 167 Å². The number of nitrogens with zero attached hydrogens (tertiary/aromatic N) is 5. The van der Waals surface area contributed by atoms with E-state index in [0.717, 1.165) is 22.7 Å². The van der Waals surface area contributed by atoms with Crippen LogP contribution in [-0.2, 0) is 6.54 Å². The first-order valence-electron chi connectivity index (χ1n) is 8.59. The Bertz CT molecular complexity index is 1150. The van der Waals surface area contributed by atoms with Gasteiger partial charge in [0.15, 0.2) is 16.5 Å². The average molecular weight is 390 g/mol. The summed E-state index contributed by atoms with van der Waals surface area (Å²) < 4.78 is 6.72. The molecule has 2 aromatic carbocycles. The van der Waals surface area contributed by atoms with E-state index in [9.17, 15) is 5.26 Å². The molecule has 4 rings (SSSR count). The Morgan fingerprint density at radius 1 is 1.14 bits per heavy atom. The molecule has 0 N–H and O–H groups in total. The predicted molar refractivity (Wildman–Crippen MR) is 108 cm³/mol. The molecule has 0 amide bonds. The molecule has 138 valence electrons. The number of anilines is 2. The minimum atomic E-state index is 0.285. The molecule has 7 heteroatoms. The van der Waals surface area contributed by atoms with Crippen molar-refractivity contribution in [3.8, 4) is 11.8 Å². The van der Waals surface area contributed by atoms with E-state index >= 15 is 0 Å². The third kappa shape index (κ3) is 3.36. The van der Waals surface area contributed by atoms with Crippen LogP contribution in [0, 0.1) is 11.3 Å². The van der Waals surface area contributed by atoms with Crippen molar-refractivity contribution in [2.24, 2.45) is 0 Å². The normalized spacial score (nSPS) is 10.6. The van der Waals surface area contributed by atoms with Crippen molar-refractivity contribution in [1.29, 1.82) is 5.26 Å². The summed E-state index contributed by atoms with van der Waals surface area (Å²) in [5, 5.41) is 13.8. The molecule has 0 spiro atoms. The van der Waals surface area contributed by atoms with E-state index in [1.165, 1.54) is 10.7 Å². The highest BCUT2D eigenvalue weighted by Gasteiger charge is 2.18. The number of rotatable bonds is 5. The Kier molecular flexibility index (Phi) is 4.83. The molecule has 0 saturated heterocycles. The van der Waals surface area contributed by atoms with Crippen LogP contribution in [-0.4, -0.2) is 21.7 Å². The molecule has 0 bridgehead atoms. The van der Waals surface area contributed by atoms with Crippen LogP contribution in [0.15, 0.2) is 66.9 Å².